The highest BCUT2D eigenvalue weighted by molar-refractivity contribution is 7.99. The third-order valence-electron chi connectivity index (χ3n) is 6.01. The van der Waals surface area contributed by atoms with Gasteiger partial charge in [0.1, 0.15) is 5.82 Å². The van der Waals surface area contributed by atoms with Gasteiger partial charge in [0, 0.05) is 43.8 Å². The van der Waals surface area contributed by atoms with Crippen LogP contribution in [0.4, 0.5) is 10.3 Å². The van der Waals surface area contributed by atoms with Crippen molar-refractivity contribution in [1.29, 1.82) is 0 Å². The average Bonchev–Trinajstić information content (AvgIpc) is 3.19. The summed E-state index contributed by atoms with van der Waals surface area (Å²) in [5, 5.41) is 4.54. The maximum atomic E-state index is 13.4. The maximum absolute atomic E-state index is 13.4. The summed E-state index contributed by atoms with van der Waals surface area (Å²) in [6, 6.07) is 17.1. The number of fused-ring (bicyclic) bond motifs is 1. The molecule has 0 saturated carbocycles. The number of benzene rings is 2. The van der Waals surface area contributed by atoms with Crippen molar-refractivity contribution in [1.82, 2.24) is 24.4 Å². The third-order valence-corrected chi connectivity index (χ3v) is 6.87. The molecule has 2 aromatic heterocycles. The van der Waals surface area contributed by atoms with Crippen molar-refractivity contribution in [3.8, 4) is 0 Å². The normalized spacial score (nSPS) is 15.2. The first kappa shape index (κ1) is 21.9. The van der Waals surface area contributed by atoms with Crippen LogP contribution in [0.15, 0.2) is 72.1 Å². The lowest BCUT2D eigenvalue weighted by Crippen LogP contribution is -2.40. The van der Waals surface area contributed by atoms with E-state index in [1.54, 1.807) is 24.2 Å². The number of nitrogens with one attached hydrogen (secondary N) is 1. The second-order valence-electron chi connectivity index (χ2n) is 8.28. The van der Waals surface area contributed by atoms with Gasteiger partial charge < -0.3 is 14.8 Å². The van der Waals surface area contributed by atoms with Crippen LogP contribution in [0.5, 0.6) is 0 Å². The van der Waals surface area contributed by atoms with Crippen LogP contribution in [0.2, 0.25) is 0 Å². The highest BCUT2D eigenvalue weighted by Crippen LogP contribution is 2.24. The highest BCUT2D eigenvalue weighted by Gasteiger charge is 2.21. The van der Waals surface area contributed by atoms with Gasteiger partial charge in [-0.25, -0.2) is 19.3 Å². The van der Waals surface area contributed by atoms with Crippen molar-refractivity contribution < 1.29 is 4.39 Å². The summed E-state index contributed by atoms with van der Waals surface area (Å²) in [7, 11) is 0. The van der Waals surface area contributed by atoms with E-state index in [1.165, 1.54) is 12.1 Å². The Morgan fingerprint density at radius 2 is 1.73 bits per heavy atom. The van der Waals surface area contributed by atoms with E-state index in [2.05, 4.69) is 30.8 Å². The van der Waals surface area contributed by atoms with Gasteiger partial charge in [0.2, 0.25) is 5.95 Å². The first-order valence-electron chi connectivity index (χ1n) is 11.3. The van der Waals surface area contributed by atoms with E-state index in [9.17, 15) is 4.39 Å². The molecular formula is C25H27FN6S. The summed E-state index contributed by atoms with van der Waals surface area (Å²) in [6.45, 7) is 3.82. The molecule has 0 unspecified atom stereocenters. The first-order valence-corrected chi connectivity index (χ1v) is 12.3. The Morgan fingerprint density at radius 1 is 0.970 bits per heavy atom. The number of likely N-dealkylation sites (tertiary alicyclic amines) is 1. The van der Waals surface area contributed by atoms with E-state index in [-0.39, 0.29) is 5.82 Å². The van der Waals surface area contributed by atoms with Crippen molar-refractivity contribution in [3.63, 3.8) is 0 Å². The molecule has 0 bridgehead atoms. The highest BCUT2D eigenvalue weighted by atomic mass is 32.2. The molecule has 0 radical (unpaired) electrons. The number of piperidine rings is 1. The molecule has 0 spiro atoms. The van der Waals surface area contributed by atoms with Gasteiger partial charge in [-0.2, -0.15) is 0 Å². The zero-order chi connectivity index (χ0) is 22.5. The minimum Gasteiger partial charge on any atom is -0.353 e. The number of halogens is 1. The number of hydrogen-bond donors (Lipinski definition) is 1. The largest absolute Gasteiger partial charge is 0.353 e. The molecule has 1 fully saturated rings. The lowest BCUT2D eigenvalue weighted by molar-refractivity contribution is 0.231. The molecule has 0 amide bonds. The van der Waals surface area contributed by atoms with Crippen LogP contribution in [-0.2, 0) is 6.54 Å². The SMILES string of the molecule is Fc1ccc(Cn2c(NC3CCN(CCSc4ncccn4)CC3)nc3ccccc32)cc1. The van der Waals surface area contributed by atoms with Crippen molar-refractivity contribution in [2.24, 2.45) is 0 Å². The second kappa shape index (κ2) is 10.3. The molecule has 1 aliphatic rings. The Morgan fingerprint density at radius 3 is 2.52 bits per heavy atom. The average molecular weight is 463 g/mol. The molecular weight excluding hydrogens is 435 g/mol. The van der Waals surface area contributed by atoms with Gasteiger partial charge in [0.15, 0.2) is 5.16 Å². The van der Waals surface area contributed by atoms with Crippen molar-refractivity contribution in [2.75, 3.05) is 30.7 Å². The fourth-order valence-corrected chi connectivity index (χ4v) is 5.03. The van der Waals surface area contributed by atoms with E-state index in [4.69, 9.17) is 4.98 Å². The molecule has 1 aliphatic heterocycles. The van der Waals surface area contributed by atoms with E-state index in [0.29, 0.717) is 12.6 Å². The molecule has 33 heavy (non-hydrogen) atoms. The zero-order valence-electron chi connectivity index (χ0n) is 18.4. The number of imidazole rings is 1. The monoisotopic (exact) mass is 462 g/mol. The van der Waals surface area contributed by atoms with E-state index < -0.39 is 0 Å². The Hall–Kier alpha value is -2.97. The standard InChI is InChI=1S/C25H27FN6S/c26-20-8-6-19(7-9-20)18-32-23-5-2-1-4-22(23)30-24(32)29-21-10-14-31(15-11-21)16-17-33-25-27-12-3-13-28-25/h1-9,12-13,21H,10-11,14-18H2,(H,29,30). The van der Waals surface area contributed by atoms with Crippen LogP contribution in [-0.4, -0.2) is 55.8 Å². The molecule has 170 valence electrons. The van der Waals surface area contributed by atoms with Gasteiger partial charge in [0.05, 0.1) is 17.6 Å². The number of thioether (sulfide) groups is 1. The number of para-hydroxylation sites is 2. The van der Waals surface area contributed by atoms with Crippen LogP contribution in [0, 0.1) is 5.82 Å². The number of aromatic nitrogens is 4. The number of rotatable bonds is 8. The molecule has 1 N–H and O–H groups in total. The van der Waals surface area contributed by atoms with Crippen molar-refractivity contribution in [3.05, 3.63) is 78.4 Å². The van der Waals surface area contributed by atoms with Gasteiger partial charge >= 0.3 is 0 Å². The van der Waals surface area contributed by atoms with E-state index in [1.807, 2.05) is 36.4 Å². The fraction of sp³-hybridized carbons (Fsp3) is 0.320. The maximum Gasteiger partial charge on any atom is 0.204 e. The molecule has 8 heteroatoms. The zero-order valence-corrected chi connectivity index (χ0v) is 19.2. The molecule has 4 aromatic rings. The summed E-state index contributed by atoms with van der Waals surface area (Å²) in [5.41, 5.74) is 3.11. The Bertz CT molecular complexity index is 1170. The molecule has 1 saturated heterocycles. The van der Waals surface area contributed by atoms with Gasteiger partial charge in [-0.05, 0) is 48.7 Å². The molecule has 5 rings (SSSR count). The summed E-state index contributed by atoms with van der Waals surface area (Å²) in [4.78, 5) is 15.9. The van der Waals surface area contributed by atoms with Gasteiger partial charge in [-0.1, -0.05) is 36.0 Å². The quantitative estimate of drug-likeness (QED) is 0.303. The molecule has 0 atom stereocenters. The minimum absolute atomic E-state index is 0.214. The van der Waals surface area contributed by atoms with Crippen LogP contribution in [0.25, 0.3) is 11.0 Å². The number of nitrogens with zero attached hydrogens (tertiary/aromatic N) is 5. The van der Waals surface area contributed by atoms with Gasteiger partial charge in [-0.15, -0.1) is 0 Å². The molecule has 3 heterocycles. The van der Waals surface area contributed by atoms with Gasteiger partial charge in [0.25, 0.3) is 0 Å². The predicted molar refractivity (Wildman–Crippen MR) is 131 cm³/mol. The molecule has 6 nitrogen and oxygen atoms in total. The van der Waals surface area contributed by atoms with E-state index >= 15 is 0 Å². The summed E-state index contributed by atoms with van der Waals surface area (Å²) < 4.78 is 15.6. The fourth-order valence-electron chi connectivity index (χ4n) is 4.23. The van der Waals surface area contributed by atoms with E-state index in [0.717, 1.165) is 65.9 Å². The number of anilines is 1. The van der Waals surface area contributed by atoms with Crippen LogP contribution < -0.4 is 5.32 Å². The summed E-state index contributed by atoms with van der Waals surface area (Å²) in [6.07, 6.45) is 5.73. The van der Waals surface area contributed by atoms with Crippen LogP contribution >= 0.6 is 11.8 Å². The van der Waals surface area contributed by atoms with Crippen molar-refractivity contribution in [2.45, 2.75) is 30.6 Å². The Labute approximate surface area is 197 Å². The molecule has 2 aromatic carbocycles. The van der Waals surface area contributed by atoms with Crippen molar-refractivity contribution >= 4 is 28.7 Å². The topological polar surface area (TPSA) is 58.9 Å². The number of hydrogen-bond acceptors (Lipinski definition) is 6. The first-order chi connectivity index (χ1) is 16.2. The lowest BCUT2D eigenvalue weighted by Gasteiger charge is -2.32. The minimum atomic E-state index is -0.214. The lowest BCUT2D eigenvalue weighted by atomic mass is 10.1. The second-order valence-corrected chi connectivity index (χ2v) is 9.34. The van der Waals surface area contributed by atoms with Crippen LogP contribution in [0.1, 0.15) is 18.4 Å². The third kappa shape index (κ3) is 5.51. The smallest absolute Gasteiger partial charge is 0.204 e. The Balaban J connectivity index is 1.20. The Kier molecular flexibility index (Phi) is 6.83. The van der Waals surface area contributed by atoms with Crippen LogP contribution in [0.3, 0.4) is 0 Å². The summed E-state index contributed by atoms with van der Waals surface area (Å²) >= 11 is 1.71. The predicted octanol–water partition coefficient (Wildman–Crippen LogP) is 4.68. The van der Waals surface area contributed by atoms with Gasteiger partial charge in [-0.3, -0.25) is 0 Å². The molecule has 0 aliphatic carbocycles. The summed E-state index contributed by atoms with van der Waals surface area (Å²) in [5.74, 6) is 1.67.